The maximum atomic E-state index is 12.7. The third kappa shape index (κ3) is 4.10. The van der Waals surface area contributed by atoms with Gasteiger partial charge < -0.3 is 16.0 Å². The largest absolute Gasteiger partial charge is 0.359 e. The topological polar surface area (TPSA) is 86.4 Å². The first kappa shape index (κ1) is 18.7. The number of rotatable bonds is 5. The summed E-state index contributed by atoms with van der Waals surface area (Å²) in [7, 11) is 0. The van der Waals surface area contributed by atoms with Crippen molar-refractivity contribution in [1.82, 2.24) is 15.2 Å². The first-order chi connectivity index (χ1) is 13.6. The smallest absolute Gasteiger partial charge is 0.252 e. The molecule has 1 saturated heterocycles. The second kappa shape index (κ2) is 8.16. The summed E-state index contributed by atoms with van der Waals surface area (Å²) in [4.78, 5) is 30.8. The Bertz CT molecular complexity index is 881. The van der Waals surface area contributed by atoms with Crippen molar-refractivity contribution >= 4 is 34.9 Å². The summed E-state index contributed by atoms with van der Waals surface area (Å²) in [6.07, 6.45) is 3.85. The van der Waals surface area contributed by atoms with Crippen molar-refractivity contribution < 1.29 is 9.59 Å². The highest BCUT2D eigenvalue weighted by molar-refractivity contribution is 6.30. The third-order valence-corrected chi connectivity index (χ3v) is 5.38. The number of hydrogen-bond donors (Lipinski definition) is 3. The fourth-order valence-corrected chi connectivity index (χ4v) is 3.80. The zero-order chi connectivity index (χ0) is 19.5. The van der Waals surface area contributed by atoms with Crippen LogP contribution in [0.4, 0.5) is 11.5 Å². The molecule has 1 atom stereocenters. The van der Waals surface area contributed by atoms with Crippen molar-refractivity contribution in [3.05, 3.63) is 52.7 Å². The molecule has 28 heavy (non-hydrogen) atoms. The number of benzene rings is 1. The molecule has 3 heterocycles. The normalized spacial score (nSPS) is 17.4. The van der Waals surface area contributed by atoms with Crippen LogP contribution in [0.15, 0.2) is 36.5 Å². The molecule has 1 aromatic carbocycles. The molecule has 2 amide bonds. The van der Waals surface area contributed by atoms with Crippen LogP contribution in [0.2, 0.25) is 5.02 Å². The van der Waals surface area contributed by atoms with Gasteiger partial charge in [0.2, 0.25) is 5.91 Å². The Morgan fingerprint density at radius 1 is 1.25 bits per heavy atom. The summed E-state index contributed by atoms with van der Waals surface area (Å²) in [5.74, 6) is 0.212. The molecule has 1 aromatic heterocycles. The minimum absolute atomic E-state index is 0.0932. The number of hydrogen-bond acceptors (Lipinski definition) is 5. The number of carbonyl (C=O) groups is 2. The van der Waals surface area contributed by atoms with Gasteiger partial charge in [0.05, 0.1) is 23.8 Å². The SMILES string of the molecule is O=C1CNc2ncc(C(=O)NCC(c3ccc(Cl)cc3)N3CCCC3)cc2N1. The predicted octanol–water partition coefficient (Wildman–Crippen LogP) is 2.67. The number of nitrogens with one attached hydrogen (secondary N) is 3. The van der Waals surface area contributed by atoms with Gasteiger partial charge in [0.25, 0.3) is 5.91 Å². The Morgan fingerprint density at radius 3 is 2.75 bits per heavy atom. The van der Waals surface area contributed by atoms with Crippen molar-refractivity contribution in [2.45, 2.75) is 18.9 Å². The molecule has 7 nitrogen and oxygen atoms in total. The van der Waals surface area contributed by atoms with E-state index in [0.717, 1.165) is 18.7 Å². The number of pyridine rings is 1. The molecule has 0 saturated carbocycles. The van der Waals surface area contributed by atoms with Crippen LogP contribution < -0.4 is 16.0 Å². The number of aromatic nitrogens is 1. The average Bonchev–Trinajstić information content (AvgIpc) is 3.23. The van der Waals surface area contributed by atoms with E-state index in [1.54, 1.807) is 6.07 Å². The van der Waals surface area contributed by atoms with Gasteiger partial charge in [0.1, 0.15) is 5.82 Å². The molecule has 0 bridgehead atoms. The van der Waals surface area contributed by atoms with Crippen molar-refractivity contribution in [2.24, 2.45) is 0 Å². The first-order valence-corrected chi connectivity index (χ1v) is 9.79. The molecular formula is C20H22ClN5O2. The maximum Gasteiger partial charge on any atom is 0.252 e. The molecule has 0 radical (unpaired) electrons. The zero-order valence-electron chi connectivity index (χ0n) is 15.4. The highest BCUT2D eigenvalue weighted by Gasteiger charge is 2.24. The number of carbonyl (C=O) groups excluding carboxylic acids is 2. The van der Waals surface area contributed by atoms with Gasteiger partial charge in [-0.3, -0.25) is 14.5 Å². The molecule has 2 aromatic rings. The lowest BCUT2D eigenvalue weighted by Gasteiger charge is -2.28. The van der Waals surface area contributed by atoms with Crippen LogP contribution >= 0.6 is 11.6 Å². The number of amides is 2. The predicted molar refractivity (Wildman–Crippen MR) is 109 cm³/mol. The lowest BCUT2D eigenvalue weighted by Crippen LogP contribution is -2.37. The van der Waals surface area contributed by atoms with Gasteiger partial charge >= 0.3 is 0 Å². The Morgan fingerprint density at radius 2 is 2.00 bits per heavy atom. The number of nitrogens with zero attached hydrogens (tertiary/aromatic N) is 2. The Kier molecular flexibility index (Phi) is 5.45. The van der Waals surface area contributed by atoms with Crippen LogP contribution in [0, 0.1) is 0 Å². The molecule has 0 spiro atoms. The number of fused-ring (bicyclic) bond motifs is 1. The van der Waals surface area contributed by atoms with Crippen molar-refractivity contribution in [3.8, 4) is 0 Å². The molecular weight excluding hydrogens is 378 g/mol. The van der Waals surface area contributed by atoms with Gasteiger partial charge in [-0.15, -0.1) is 0 Å². The Labute approximate surface area is 168 Å². The average molecular weight is 400 g/mol. The fourth-order valence-electron chi connectivity index (χ4n) is 3.67. The van der Waals surface area contributed by atoms with E-state index in [4.69, 9.17) is 11.6 Å². The molecule has 146 valence electrons. The molecule has 3 N–H and O–H groups in total. The summed E-state index contributed by atoms with van der Waals surface area (Å²) >= 11 is 6.03. The van der Waals surface area contributed by atoms with E-state index >= 15 is 0 Å². The van der Waals surface area contributed by atoms with Gasteiger partial charge in [-0.2, -0.15) is 0 Å². The number of halogens is 1. The van der Waals surface area contributed by atoms with Gasteiger partial charge in [0, 0.05) is 17.8 Å². The fraction of sp³-hybridized carbons (Fsp3) is 0.350. The van der Waals surface area contributed by atoms with Crippen LogP contribution in [0.5, 0.6) is 0 Å². The monoisotopic (exact) mass is 399 g/mol. The molecule has 2 aliphatic heterocycles. The molecule has 1 fully saturated rings. The van der Waals surface area contributed by atoms with E-state index in [-0.39, 0.29) is 24.4 Å². The molecule has 1 unspecified atom stereocenters. The molecule has 8 heteroatoms. The number of anilines is 2. The second-order valence-corrected chi connectivity index (χ2v) is 7.48. The summed E-state index contributed by atoms with van der Waals surface area (Å²) in [5, 5.41) is 9.37. The third-order valence-electron chi connectivity index (χ3n) is 5.13. The lowest BCUT2D eigenvalue weighted by molar-refractivity contribution is -0.114. The molecule has 2 aliphatic rings. The van der Waals surface area contributed by atoms with E-state index < -0.39 is 0 Å². The standard InChI is InChI=1S/C20H22ClN5O2/c21-15-5-3-13(4-6-15)17(26-7-1-2-8-26)11-24-20(28)14-9-16-19(22-10-14)23-12-18(27)25-16/h3-6,9-10,17H,1-2,7-8,11-12H2,(H,22,23)(H,24,28)(H,25,27). The van der Waals surface area contributed by atoms with Gasteiger partial charge in [-0.25, -0.2) is 4.98 Å². The van der Waals surface area contributed by atoms with E-state index in [2.05, 4.69) is 25.8 Å². The summed E-state index contributed by atoms with van der Waals surface area (Å²) in [6.45, 7) is 2.70. The summed E-state index contributed by atoms with van der Waals surface area (Å²) < 4.78 is 0. The van der Waals surface area contributed by atoms with Crippen molar-refractivity contribution in [2.75, 3.05) is 36.8 Å². The second-order valence-electron chi connectivity index (χ2n) is 7.04. The van der Waals surface area contributed by atoms with Gasteiger partial charge in [0.15, 0.2) is 0 Å². The van der Waals surface area contributed by atoms with Crippen LogP contribution in [0.1, 0.15) is 34.8 Å². The van der Waals surface area contributed by atoms with Crippen LogP contribution in [-0.2, 0) is 4.79 Å². The summed E-state index contributed by atoms with van der Waals surface area (Å²) in [6, 6.07) is 9.53. The van der Waals surface area contributed by atoms with Gasteiger partial charge in [-0.05, 0) is 49.7 Å². The van der Waals surface area contributed by atoms with E-state index in [0.29, 0.717) is 28.6 Å². The molecule has 4 rings (SSSR count). The van der Waals surface area contributed by atoms with Gasteiger partial charge in [-0.1, -0.05) is 23.7 Å². The van der Waals surface area contributed by atoms with E-state index in [1.165, 1.54) is 19.0 Å². The van der Waals surface area contributed by atoms with E-state index in [9.17, 15) is 9.59 Å². The zero-order valence-corrected chi connectivity index (χ0v) is 16.1. The number of likely N-dealkylation sites (tertiary alicyclic amines) is 1. The quantitative estimate of drug-likeness (QED) is 0.719. The van der Waals surface area contributed by atoms with Crippen LogP contribution in [0.25, 0.3) is 0 Å². The summed E-state index contributed by atoms with van der Waals surface area (Å²) in [5.41, 5.74) is 2.07. The van der Waals surface area contributed by atoms with Crippen molar-refractivity contribution in [3.63, 3.8) is 0 Å². The van der Waals surface area contributed by atoms with Crippen LogP contribution in [-0.4, -0.2) is 47.9 Å². The highest BCUT2D eigenvalue weighted by atomic mass is 35.5. The lowest BCUT2D eigenvalue weighted by atomic mass is 10.1. The Hall–Kier alpha value is -2.64. The van der Waals surface area contributed by atoms with Crippen molar-refractivity contribution in [1.29, 1.82) is 0 Å². The minimum Gasteiger partial charge on any atom is -0.359 e. The highest BCUT2D eigenvalue weighted by Crippen LogP contribution is 2.26. The van der Waals surface area contributed by atoms with E-state index in [1.807, 2.05) is 24.3 Å². The maximum absolute atomic E-state index is 12.7. The first-order valence-electron chi connectivity index (χ1n) is 9.41. The molecule has 0 aliphatic carbocycles. The Balaban J connectivity index is 1.47. The van der Waals surface area contributed by atoms with Crippen LogP contribution in [0.3, 0.4) is 0 Å². The minimum atomic E-state index is -0.215.